The summed E-state index contributed by atoms with van der Waals surface area (Å²) >= 11 is 3.41. The van der Waals surface area contributed by atoms with Gasteiger partial charge in [0, 0.05) is 22.5 Å². The number of nitrogens with zero attached hydrogens (tertiary/aromatic N) is 2. The fourth-order valence-electron chi connectivity index (χ4n) is 3.58. The Morgan fingerprint density at radius 3 is 2.29 bits per heavy atom. The highest BCUT2D eigenvalue weighted by Crippen LogP contribution is 2.45. The van der Waals surface area contributed by atoms with Crippen LogP contribution in [0.2, 0.25) is 0 Å². The molecule has 0 fully saturated rings. The third kappa shape index (κ3) is 3.03. The average molecular weight is 449 g/mol. The molecule has 0 aromatic heterocycles. The average Bonchev–Trinajstić information content (AvgIpc) is 2.67. The van der Waals surface area contributed by atoms with Crippen molar-refractivity contribution in [2.24, 2.45) is 4.99 Å². The van der Waals surface area contributed by atoms with Gasteiger partial charge in [-0.2, -0.15) is 13.2 Å². The molecule has 3 aromatic rings. The highest BCUT2D eigenvalue weighted by Gasteiger charge is 2.43. The summed E-state index contributed by atoms with van der Waals surface area (Å²) < 4.78 is 47.5. The Hall–Kier alpha value is -2.54. The lowest BCUT2D eigenvalue weighted by molar-refractivity contribution is -0.0585. The van der Waals surface area contributed by atoms with Crippen molar-refractivity contribution in [3.8, 4) is 5.75 Å². The molecule has 1 unspecified atom stereocenters. The van der Waals surface area contributed by atoms with Crippen molar-refractivity contribution in [3.05, 3.63) is 70.2 Å². The smallest absolute Gasteiger partial charge is 0.433 e. The molecule has 3 nitrogen and oxygen atoms in total. The minimum Gasteiger partial charge on any atom is -0.497 e. The van der Waals surface area contributed by atoms with Crippen molar-refractivity contribution < 1.29 is 17.9 Å². The van der Waals surface area contributed by atoms with E-state index in [1.54, 1.807) is 43.3 Å². The van der Waals surface area contributed by atoms with Crippen molar-refractivity contribution in [3.63, 3.8) is 0 Å². The number of halogens is 4. The van der Waals surface area contributed by atoms with Gasteiger partial charge >= 0.3 is 6.18 Å². The van der Waals surface area contributed by atoms with Gasteiger partial charge in [-0.3, -0.25) is 4.99 Å². The van der Waals surface area contributed by atoms with Gasteiger partial charge in [-0.15, -0.1) is 0 Å². The van der Waals surface area contributed by atoms with Crippen LogP contribution in [0.3, 0.4) is 0 Å². The second kappa shape index (κ2) is 6.81. The molecular formula is C21H16BrF3N2O. The van der Waals surface area contributed by atoms with Crippen molar-refractivity contribution in [2.75, 3.05) is 19.1 Å². The number of hydrogen-bond acceptors (Lipinski definition) is 3. The van der Waals surface area contributed by atoms with Crippen LogP contribution in [0, 0.1) is 0 Å². The Bertz CT molecular complexity index is 1080. The number of alkyl halides is 3. The third-order valence-electron chi connectivity index (χ3n) is 4.87. The fourth-order valence-corrected chi connectivity index (χ4v) is 4.15. The van der Waals surface area contributed by atoms with Gasteiger partial charge in [0.25, 0.3) is 0 Å². The number of anilines is 1. The summed E-state index contributed by atoms with van der Waals surface area (Å²) in [7, 11) is 3.31. The molecule has 1 atom stereocenters. The lowest BCUT2D eigenvalue weighted by Crippen LogP contribution is -2.36. The number of aliphatic imine (C=N–C) groups is 1. The van der Waals surface area contributed by atoms with E-state index in [-0.39, 0.29) is 5.56 Å². The molecule has 0 amide bonds. The first kappa shape index (κ1) is 18.8. The van der Waals surface area contributed by atoms with Crippen LogP contribution in [0.25, 0.3) is 10.8 Å². The molecule has 1 heterocycles. The number of fused-ring (bicyclic) bond motifs is 3. The summed E-state index contributed by atoms with van der Waals surface area (Å²) in [6, 6.07) is 15.8. The van der Waals surface area contributed by atoms with E-state index in [0.29, 0.717) is 21.5 Å². The Labute approximate surface area is 168 Å². The summed E-state index contributed by atoms with van der Waals surface area (Å²) in [5, 5.41) is 1.59. The Kier molecular flexibility index (Phi) is 4.57. The fraction of sp³-hybridized carbons (Fsp3) is 0.190. The van der Waals surface area contributed by atoms with E-state index < -0.39 is 18.1 Å². The predicted molar refractivity (Wildman–Crippen MR) is 108 cm³/mol. The zero-order valence-electron chi connectivity index (χ0n) is 15.1. The van der Waals surface area contributed by atoms with Crippen LogP contribution >= 0.6 is 15.9 Å². The topological polar surface area (TPSA) is 24.8 Å². The largest absolute Gasteiger partial charge is 0.497 e. The van der Waals surface area contributed by atoms with Gasteiger partial charge < -0.3 is 9.64 Å². The molecule has 144 valence electrons. The van der Waals surface area contributed by atoms with E-state index in [1.807, 2.05) is 24.3 Å². The monoisotopic (exact) mass is 448 g/mol. The zero-order valence-corrected chi connectivity index (χ0v) is 16.7. The number of methoxy groups -OCH3 is 1. The Morgan fingerprint density at radius 1 is 1.04 bits per heavy atom. The Balaban J connectivity index is 1.98. The maximum atomic E-state index is 13.9. The summed E-state index contributed by atoms with van der Waals surface area (Å²) in [5.41, 5.74) is 0.378. The van der Waals surface area contributed by atoms with Gasteiger partial charge in [0.2, 0.25) is 0 Å². The second-order valence-corrected chi connectivity index (χ2v) is 7.39. The molecule has 0 aliphatic carbocycles. The number of hydrogen-bond donors (Lipinski definition) is 0. The van der Waals surface area contributed by atoms with Crippen molar-refractivity contribution in [1.82, 2.24) is 0 Å². The molecule has 0 bridgehead atoms. The van der Waals surface area contributed by atoms with Gasteiger partial charge in [0.1, 0.15) is 11.9 Å². The van der Waals surface area contributed by atoms with E-state index in [2.05, 4.69) is 20.9 Å². The SMILES string of the molecule is COc1ccc(C2N=C(C(F)(F)F)c3cc(Br)c4ccccc4c3N2C)cc1. The molecule has 4 rings (SSSR count). The quantitative estimate of drug-likeness (QED) is 0.472. The number of ether oxygens (including phenoxy) is 1. The first-order valence-electron chi connectivity index (χ1n) is 8.54. The highest BCUT2D eigenvalue weighted by molar-refractivity contribution is 9.10. The molecular weight excluding hydrogens is 433 g/mol. The van der Waals surface area contributed by atoms with Gasteiger partial charge in [0.05, 0.1) is 12.8 Å². The molecule has 0 spiro atoms. The van der Waals surface area contributed by atoms with Crippen LogP contribution in [0.15, 0.2) is 64.1 Å². The van der Waals surface area contributed by atoms with Gasteiger partial charge in [0.15, 0.2) is 5.71 Å². The van der Waals surface area contributed by atoms with E-state index in [0.717, 1.165) is 10.8 Å². The highest BCUT2D eigenvalue weighted by atomic mass is 79.9. The number of rotatable bonds is 2. The van der Waals surface area contributed by atoms with E-state index in [4.69, 9.17) is 4.74 Å². The lowest BCUT2D eigenvalue weighted by Gasteiger charge is -2.36. The molecule has 1 aliphatic rings. The summed E-state index contributed by atoms with van der Waals surface area (Å²) in [6.45, 7) is 0. The van der Waals surface area contributed by atoms with E-state index in [1.165, 1.54) is 6.07 Å². The first-order valence-corrected chi connectivity index (χ1v) is 9.34. The summed E-state index contributed by atoms with van der Waals surface area (Å²) in [6.07, 6.45) is -5.36. The molecule has 1 aliphatic heterocycles. The minimum absolute atomic E-state index is 0.0744. The minimum atomic E-state index is -4.57. The van der Waals surface area contributed by atoms with Crippen LogP contribution in [0.5, 0.6) is 5.75 Å². The second-order valence-electron chi connectivity index (χ2n) is 6.53. The van der Waals surface area contributed by atoms with Crippen LogP contribution in [-0.2, 0) is 0 Å². The third-order valence-corrected chi connectivity index (χ3v) is 5.53. The van der Waals surface area contributed by atoms with E-state index in [9.17, 15) is 13.2 Å². The van der Waals surface area contributed by atoms with Crippen LogP contribution in [0.4, 0.5) is 18.9 Å². The van der Waals surface area contributed by atoms with Gasteiger partial charge in [-0.05, 0) is 29.1 Å². The van der Waals surface area contributed by atoms with Crippen molar-refractivity contribution in [2.45, 2.75) is 12.3 Å². The summed E-state index contributed by atoms with van der Waals surface area (Å²) in [4.78, 5) is 5.90. The molecule has 3 aromatic carbocycles. The lowest BCUT2D eigenvalue weighted by atomic mass is 9.96. The normalized spacial score (nSPS) is 16.7. The van der Waals surface area contributed by atoms with Crippen molar-refractivity contribution in [1.29, 1.82) is 0 Å². The molecule has 28 heavy (non-hydrogen) atoms. The molecule has 0 N–H and O–H groups in total. The van der Waals surface area contributed by atoms with Crippen molar-refractivity contribution >= 4 is 38.1 Å². The predicted octanol–water partition coefficient (Wildman–Crippen LogP) is 6.11. The molecule has 0 radical (unpaired) electrons. The first-order chi connectivity index (χ1) is 13.3. The van der Waals surface area contributed by atoms with E-state index >= 15 is 0 Å². The molecule has 0 saturated heterocycles. The van der Waals surface area contributed by atoms with Crippen LogP contribution in [0.1, 0.15) is 17.3 Å². The summed E-state index contributed by atoms with van der Waals surface area (Å²) in [5.74, 6) is 0.636. The molecule has 0 saturated carbocycles. The van der Waals surface area contributed by atoms with Gasteiger partial charge in [-0.1, -0.05) is 52.3 Å². The maximum absolute atomic E-state index is 13.9. The van der Waals surface area contributed by atoms with Gasteiger partial charge in [-0.25, -0.2) is 0 Å². The Morgan fingerprint density at radius 2 is 1.68 bits per heavy atom. The van der Waals surface area contributed by atoms with Crippen LogP contribution < -0.4 is 9.64 Å². The molecule has 7 heteroatoms. The maximum Gasteiger partial charge on any atom is 0.433 e. The number of benzene rings is 3. The van der Waals surface area contributed by atoms with Crippen LogP contribution in [-0.4, -0.2) is 26.0 Å². The standard InChI is InChI=1S/C21H16BrF3N2O/c1-27-18-15-6-4-3-5-14(15)17(22)11-16(18)19(21(23,24)25)26-20(27)12-7-9-13(28-2)10-8-12/h3-11,20H,1-2H3. The zero-order chi connectivity index (χ0) is 20.1.